The van der Waals surface area contributed by atoms with E-state index in [-0.39, 0.29) is 0 Å². The van der Waals surface area contributed by atoms with E-state index in [2.05, 4.69) is 17.1 Å². The molecule has 2 fully saturated rings. The van der Waals surface area contributed by atoms with Crippen LogP contribution in [0.25, 0.3) is 0 Å². The Labute approximate surface area is 98.6 Å². The molecule has 3 nitrogen and oxygen atoms in total. The van der Waals surface area contributed by atoms with Crippen LogP contribution in [0.15, 0.2) is 0 Å². The lowest BCUT2D eigenvalue weighted by molar-refractivity contribution is -0.135. The summed E-state index contributed by atoms with van der Waals surface area (Å²) >= 11 is 0. The maximum atomic E-state index is 11.8. The zero-order valence-electron chi connectivity index (χ0n) is 10.4. The Morgan fingerprint density at radius 3 is 2.69 bits per heavy atom. The van der Waals surface area contributed by atoms with E-state index in [9.17, 15) is 4.79 Å². The molecule has 0 atom stereocenters. The van der Waals surface area contributed by atoms with Gasteiger partial charge in [-0.3, -0.25) is 4.79 Å². The van der Waals surface area contributed by atoms with Crippen molar-refractivity contribution in [1.82, 2.24) is 10.2 Å². The van der Waals surface area contributed by atoms with Gasteiger partial charge in [-0.2, -0.15) is 0 Å². The van der Waals surface area contributed by atoms with Crippen LogP contribution in [0.5, 0.6) is 0 Å². The topological polar surface area (TPSA) is 32.3 Å². The SMILES string of the molecule is CCCC1CCC(N2CCNCC2=O)CC1. The minimum Gasteiger partial charge on any atom is -0.337 e. The number of amides is 1. The van der Waals surface area contributed by atoms with Gasteiger partial charge in [0.1, 0.15) is 0 Å². The molecule has 0 aromatic heterocycles. The molecule has 16 heavy (non-hydrogen) atoms. The smallest absolute Gasteiger partial charge is 0.236 e. The second kappa shape index (κ2) is 5.67. The van der Waals surface area contributed by atoms with Crippen molar-refractivity contribution in [2.24, 2.45) is 5.92 Å². The highest BCUT2D eigenvalue weighted by molar-refractivity contribution is 5.79. The van der Waals surface area contributed by atoms with Crippen molar-refractivity contribution in [3.8, 4) is 0 Å². The quantitative estimate of drug-likeness (QED) is 0.792. The van der Waals surface area contributed by atoms with Gasteiger partial charge in [0.15, 0.2) is 0 Å². The van der Waals surface area contributed by atoms with Crippen molar-refractivity contribution >= 4 is 5.91 Å². The number of nitrogens with one attached hydrogen (secondary N) is 1. The minimum absolute atomic E-state index is 0.310. The molecule has 0 aromatic rings. The van der Waals surface area contributed by atoms with Crippen LogP contribution < -0.4 is 5.32 Å². The molecule has 3 heteroatoms. The van der Waals surface area contributed by atoms with Crippen LogP contribution in [0.3, 0.4) is 0 Å². The average Bonchev–Trinajstić information content (AvgIpc) is 2.31. The molecule has 1 amide bonds. The van der Waals surface area contributed by atoms with E-state index in [1.165, 1.54) is 38.5 Å². The molecule has 0 spiro atoms. The molecule has 1 N–H and O–H groups in total. The summed E-state index contributed by atoms with van der Waals surface area (Å²) in [5.41, 5.74) is 0. The van der Waals surface area contributed by atoms with Crippen LogP contribution in [0.2, 0.25) is 0 Å². The summed E-state index contributed by atoms with van der Waals surface area (Å²) in [6.45, 7) is 4.71. The molecule has 1 aliphatic heterocycles. The number of piperazine rings is 1. The summed E-state index contributed by atoms with van der Waals surface area (Å²) in [6, 6.07) is 0.544. The normalized spacial score (nSPS) is 31.8. The van der Waals surface area contributed by atoms with Crippen LogP contribution in [-0.2, 0) is 4.79 Å². The van der Waals surface area contributed by atoms with Crippen LogP contribution in [0, 0.1) is 5.92 Å². The highest BCUT2D eigenvalue weighted by Gasteiger charge is 2.29. The fourth-order valence-corrected chi connectivity index (χ4v) is 3.16. The Hall–Kier alpha value is -0.570. The maximum absolute atomic E-state index is 11.8. The number of hydrogen-bond acceptors (Lipinski definition) is 2. The molecule has 92 valence electrons. The Balaban J connectivity index is 1.81. The molecular weight excluding hydrogens is 200 g/mol. The molecule has 0 unspecified atom stereocenters. The van der Waals surface area contributed by atoms with Gasteiger partial charge in [-0.05, 0) is 31.6 Å². The van der Waals surface area contributed by atoms with Gasteiger partial charge in [0, 0.05) is 19.1 Å². The third kappa shape index (κ3) is 2.76. The molecule has 2 rings (SSSR count). The van der Waals surface area contributed by atoms with E-state index in [1.54, 1.807) is 0 Å². The van der Waals surface area contributed by atoms with E-state index >= 15 is 0 Å². The summed E-state index contributed by atoms with van der Waals surface area (Å²) < 4.78 is 0. The van der Waals surface area contributed by atoms with Crippen molar-refractivity contribution in [3.05, 3.63) is 0 Å². The lowest BCUT2D eigenvalue weighted by Gasteiger charge is -2.39. The van der Waals surface area contributed by atoms with Crippen LogP contribution in [-0.4, -0.2) is 36.5 Å². The van der Waals surface area contributed by atoms with E-state index in [1.807, 2.05) is 0 Å². The number of carbonyl (C=O) groups excluding carboxylic acids is 1. The van der Waals surface area contributed by atoms with Crippen molar-refractivity contribution in [1.29, 1.82) is 0 Å². The van der Waals surface area contributed by atoms with Gasteiger partial charge >= 0.3 is 0 Å². The van der Waals surface area contributed by atoms with E-state index in [4.69, 9.17) is 0 Å². The highest BCUT2D eigenvalue weighted by atomic mass is 16.2. The molecular formula is C13H24N2O. The monoisotopic (exact) mass is 224 g/mol. The lowest BCUT2D eigenvalue weighted by Crippen LogP contribution is -2.53. The van der Waals surface area contributed by atoms with Crippen LogP contribution in [0.1, 0.15) is 45.4 Å². The Morgan fingerprint density at radius 1 is 1.31 bits per heavy atom. The van der Waals surface area contributed by atoms with Crippen LogP contribution >= 0.6 is 0 Å². The van der Waals surface area contributed by atoms with Gasteiger partial charge < -0.3 is 10.2 Å². The number of nitrogens with zero attached hydrogens (tertiary/aromatic N) is 1. The van der Waals surface area contributed by atoms with Gasteiger partial charge in [0.25, 0.3) is 0 Å². The zero-order valence-corrected chi connectivity index (χ0v) is 10.4. The second-order valence-electron chi connectivity index (χ2n) is 5.23. The van der Waals surface area contributed by atoms with E-state index in [0.717, 1.165) is 19.0 Å². The van der Waals surface area contributed by atoms with Crippen molar-refractivity contribution in [3.63, 3.8) is 0 Å². The molecule has 1 saturated carbocycles. The predicted molar refractivity (Wildman–Crippen MR) is 65.2 cm³/mol. The fraction of sp³-hybridized carbons (Fsp3) is 0.923. The molecule has 0 bridgehead atoms. The first-order valence-corrected chi connectivity index (χ1v) is 6.81. The third-order valence-corrected chi connectivity index (χ3v) is 4.08. The zero-order chi connectivity index (χ0) is 11.4. The van der Waals surface area contributed by atoms with Crippen molar-refractivity contribution < 1.29 is 4.79 Å². The standard InChI is InChI=1S/C13H24N2O/c1-2-3-11-4-6-12(7-5-11)15-9-8-14-10-13(15)16/h11-12,14H,2-10H2,1H3. The first-order valence-electron chi connectivity index (χ1n) is 6.81. The Morgan fingerprint density at radius 2 is 2.06 bits per heavy atom. The second-order valence-corrected chi connectivity index (χ2v) is 5.23. The van der Waals surface area contributed by atoms with Gasteiger partial charge in [-0.25, -0.2) is 0 Å². The molecule has 2 aliphatic rings. The number of carbonyl (C=O) groups is 1. The number of hydrogen-bond donors (Lipinski definition) is 1. The largest absolute Gasteiger partial charge is 0.337 e. The summed E-state index contributed by atoms with van der Waals surface area (Å²) in [6.07, 6.45) is 7.81. The van der Waals surface area contributed by atoms with E-state index < -0.39 is 0 Å². The maximum Gasteiger partial charge on any atom is 0.236 e. The lowest BCUT2D eigenvalue weighted by atomic mass is 9.83. The van der Waals surface area contributed by atoms with Crippen LogP contribution in [0.4, 0.5) is 0 Å². The first kappa shape index (κ1) is 11.9. The molecule has 0 radical (unpaired) electrons. The minimum atomic E-state index is 0.310. The van der Waals surface area contributed by atoms with Crippen molar-refractivity contribution in [2.45, 2.75) is 51.5 Å². The summed E-state index contributed by atoms with van der Waals surface area (Å²) in [7, 11) is 0. The molecule has 1 saturated heterocycles. The molecule has 0 aromatic carbocycles. The van der Waals surface area contributed by atoms with E-state index in [0.29, 0.717) is 18.5 Å². The fourth-order valence-electron chi connectivity index (χ4n) is 3.16. The average molecular weight is 224 g/mol. The summed E-state index contributed by atoms with van der Waals surface area (Å²) in [4.78, 5) is 13.9. The molecule has 1 aliphatic carbocycles. The molecule has 1 heterocycles. The Kier molecular flexibility index (Phi) is 4.22. The predicted octanol–water partition coefficient (Wildman–Crippen LogP) is 1.78. The Bertz CT molecular complexity index is 234. The van der Waals surface area contributed by atoms with Gasteiger partial charge in [-0.1, -0.05) is 19.8 Å². The highest BCUT2D eigenvalue weighted by Crippen LogP contribution is 2.30. The third-order valence-electron chi connectivity index (χ3n) is 4.08. The van der Waals surface area contributed by atoms with Gasteiger partial charge in [-0.15, -0.1) is 0 Å². The van der Waals surface area contributed by atoms with Crippen molar-refractivity contribution in [2.75, 3.05) is 19.6 Å². The van der Waals surface area contributed by atoms with Gasteiger partial charge in [0.2, 0.25) is 5.91 Å². The van der Waals surface area contributed by atoms with Gasteiger partial charge in [0.05, 0.1) is 6.54 Å². The summed E-state index contributed by atoms with van der Waals surface area (Å²) in [5.74, 6) is 1.24. The first-order chi connectivity index (χ1) is 7.81. The summed E-state index contributed by atoms with van der Waals surface area (Å²) in [5, 5.41) is 3.14. The number of rotatable bonds is 3.